The Morgan fingerprint density at radius 1 is 1.64 bits per heavy atom. The zero-order valence-electron chi connectivity index (χ0n) is 7.42. The molecule has 0 spiro atoms. The summed E-state index contributed by atoms with van der Waals surface area (Å²) in [6.07, 6.45) is 0. The molecule has 0 aliphatic heterocycles. The van der Waals surface area contributed by atoms with Gasteiger partial charge < -0.3 is 0 Å². The minimum Gasteiger partial charge on any atom is -0.298 e. The molecule has 0 aliphatic carbocycles. The normalized spacial score (nSPS) is 11.9. The molecule has 2 nitrogen and oxygen atoms in total. The van der Waals surface area contributed by atoms with Gasteiger partial charge in [-0.1, -0.05) is 22.0 Å². The molecule has 0 fully saturated rings. The summed E-state index contributed by atoms with van der Waals surface area (Å²) in [7, 11) is 0. The number of rotatable bonds is 2. The van der Waals surface area contributed by atoms with E-state index in [1.165, 1.54) is 6.92 Å². The van der Waals surface area contributed by atoms with Crippen LogP contribution in [-0.2, 0) is 4.79 Å². The van der Waals surface area contributed by atoms with Crippen LogP contribution < -0.4 is 0 Å². The van der Waals surface area contributed by atoms with Crippen LogP contribution in [0.15, 0.2) is 22.7 Å². The predicted molar refractivity (Wildman–Crippen MR) is 58.1 cm³/mol. The molecule has 1 atom stereocenters. The van der Waals surface area contributed by atoms with E-state index in [4.69, 9.17) is 16.9 Å². The van der Waals surface area contributed by atoms with Crippen LogP contribution in [0.4, 0.5) is 0 Å². The molecule has 0 aliphatic rings. The van der Waals surface area contributed by atoms with Crippen molar-refractivity contribution in [2.24, 2.45) is 0 Å². The largest absolute Gasteiger partial charge is 0.298 e. The average Bonchev–Trinajstić information content (AvgIpc) is 2.16. The maximum atomic E-state index is 11.0. The highest BCUT2D eigenvalue weighted by Gasteiger charge is 2.16. The number of hydrogen-bond acceptors (Lipinski definition) is 2. The quantitative estimate of drug-likeness (QED) is 0.776. The second-order valence-corrected chi connectivity index (χ2v) is 4.17. The number of halogens is 2. The van der Waals surface area contributed by atoms with Crippen molar-refractivity contribution in [3.63, 3.8) is 0 Å². The van der Waals surface area contributed by atoms with Gasteiger partial charge in [0.15, 0.2) is 5.78 Å². The number of nitriles is 1. The summed E-state index contributed by atoms with van der Waals surface area (Å²) in [6.45, 7) is 1.40. The third-order valence-electron chi connectivity index (χ3n) is 1.77. The van der Waals surface area contributed by atoms with Gasteiger partial charge in [0, 0.05) is 4.47 Å². The Hall–Kier alpha value is -0.850. The van der Waals surface area contributed by atoms with Crippen molar-refractivity contribution >= 4 is 33.3 Å². The number of carbonyl (C=O) groups is 1. The molecule has 1 unspecified atom stereocenters. The monoisotopic (exact) mass is 271 g/mol. The summed E-state index contributed by atoms with van der Waals surface area (Å²) < 4.78 is 0.796. The molecule has 14 heavy (non-hydrogen) atoms. The summed E-state index contributed by atoms with van der Waals surface area (Å²) >= 11 is 9.11. The number of Topliss-reactive ketones (excluding diaryl/α,β-unsaturated/α-hetero) is 1. The van der Waals surface area contributed by atoms with Gasteiger partial charge in [-0.2, -0.15) is 5.26 Å². The third-order valence-corrected chi connectivity index (χ3v) is 2.80. The zero-order chi connectivity index (χ0) is 10.7. The summed E-state index contributed by atoms with van der Waals surface area (Å²) in [4.78, 5) is 11.0. The van der Waals surface area contributed by atoms with Crippen LogP contribution in [0.1, 0.15) is 23.4 Å². The topological polar surface area (TPSA) is 40.9 Å². The molecule has 0 saturated heterocycles. The fraction of sp³-hybridized carbons (Fsp3) is 0.200. The number of ketones is 1. The summed E-state index contributed by atoms with van der Waals surface area (Å²) in [5.74, 6) is -0.162. The van der Waals surface area contributed by atoms with Gasteiger partial charge in [-0.3, -0.25) is 4.79 Å². The lowest BCUT2D eigenvalue weighted by Gasteiger charge is -2.07. The minimum atomic E-state index is -0.738. The second kappa shape index (κ2) is 4.59. The highest BCUT2D eigenvalue weighted by atomic mass is 79.9. The van der Waals surface area contributed by atoms with E-state index in [1.54, 1.807) is 18.2 Å². The lowest BCUT2D eigenvalue weighted by atomic mass is 10.0. The van der Waals surface area contributed by atoms with Crippen molar-refractivity contribution < 1.29 is 4.79 Å². The standard InChI is InChI=1S/C10H7BrClNO/c1-6(14)10(12)9-3-2-8(11)4-7(9)5-13/h2-4,10H,1H3. The van der Waals surface area contributed by atoms with Gasteiger partial charge >= 0.3 is 0 Å². The van der Waals surface area contributed by atoms with Crippen LogP contribution in [-0.4, -0.2) is 5.78 Å². The first-order valence-corrected chi connectivity index (χ1v) is 5.13. The van der Waals surface area contributed by atoms with E-state index in [1.807, 2.05) is 6.07 Å². The second-order valence-electron chi connectivity index (χ2n) is 2.82. The van der Waals surface area contributed by atoms with Gasteiger partial charge in [-0.25, -0.2) is 0 Å². The predicted octanol–water partition coefficient (Wildman–Crippen LogP) is 3.19. The average molecular weight is 273 g/mol. The molecule has 1 aromatic rings. The molecule has 0 heterocycles. The molecule has 4 heteroatoms. The molecule has 0 amide bonds. The number of hydrogen-bond donors (Lipinski definition) is 0. The number of carbonyl (C=O) groups excluding carboxylic acids is 1. The molecule has 0 N–H and O–H groups in total. The molecular formula is C10H7BrClNO. The number of nitrogens with zero attached hydrogens (tertiary/aromatic N) is 1. The van der Waals surface area contributed by atoms with Crippen LogP contribution in [0, 0.1) is 11.3 Å². The van der Waals surface area contributed by atoms with E-state index < -0.39 is 5.38 Å². The van der Waals surface area contributed by atoms with Crippen molar-refractivity contribution in [1.82, 2.24) is 0 Å². The van der Waals surface area contributed by atoms with Crippen LogP contribution in [0.5, 0.6) is 0 Å². The first-order valence-electron chi connectivity index (χ1n) is 3.90. The van der Waals surface area contributed by atoms with Crippen LogP contribution in [0.2, 0.25) is 0 Å². The van der Waals surface area contributed by atoms with Gasteiger partial charge in [0.25, 0.3) is 0 Å². The summed E-state index contributed by atoms with van der Waals surface area (Å²) in [6, 6.07) is 7.09. The Morgan fingerprint density at radius 3 is 2.79 bits per heavy atom. The highest BCUT2D eigenvalue weighted by Crippen LogP contribution is 2.26. The summed E-state index contributed by atoms with van der Waals surface area (Å²) in [5.41, 5.74) is 0.986. The highest BCUT2D eigenvalue weighted by molar-refractivity contribution is 9.10. The molecule has 0 aromatic heterocycles. The minimum absolute atomic E-state index is 0.162. The van der Waals surface area contributed by atoms with Gasteiger partial charge in [-0.05, 0) is 24.6 Å². The van der Waals surface area contributed by atoms with Gasteiger partial charge in [0.05, 0.1) is 11.6 Å². The lowest BCUT2D eigenvalue weighted by Crippen LogP contribution is -2.03. The Morgan fingerprint density at radius 2 is 2.29 bits per heavy atom. The number of alkyl halides is 1. The van der Waals surface area contributed by atoms with Gasteiger partial charge in [-0.15, -0.1) is 11.6 Å². The van der Waals surface area contributed by atoms with Crippen molar-refractivity contribution in [2.45, 2.75) is 12.3 Å². The Kier molecular flexibility index (Phi) is 3.68. The molecule has 0 radical (unpaired) electrons. The lowest BCUT2D eigenvalue weighted by molar-refractivity contribution is -0.116. The van der Waals surface area contributed by atoms with E-state index in [2.05, 4.69) is 15.9 Å². The smallest absolute Gasteiger partial charge is 0.152 e. The Balaban J connectivity index is 3.22. The van der Waals surface area contributed by atoms with E-state index in [9.17, 15) is 4.79 Å². The SMILES string of the molecule is CC(=O)C(Cl)c1ccc(Br)cc1C#N. The van der Waals surface area contributed by atoms with Crippen molar-refractivity contribution in [2.75, 3.05) is 0 Å². The van der Waals surface area contributed by atoms with Crippen LogP contribution >= 0.6 is 27.5 Å². The van der Waals surface area contributed by atoms with Crippen molar-refractivity contribution in [3.05, 3.63) is 33.8 Å². The number of benzene rings is 1. The molecular weight excluding hydrogens is 265 g/mol. The van der Waals surface area contributed by atoms with E-state index in [0.717, 1.165) is 4.47 Å². The van der Waals surface area contributed by atoms with E-state index in [0.29, 0.717) is 11.1 Å². The maximum Gasteiger partial charge on any atom is 0.152 e. The fourth-order valence-corrected chi connectivity index (χ4v) is 1.62. The Bertz CT molecular complexity index is 411. The molecule has 1 rings (SSSR count). The van der Waals surface area contributed by atoms with Gasteiger partial charge in [0.1, 0.15) is 5.38 Å². The van der Waals surface area contributed by atoms with E-state index in [-0.39, 0.29) is 5.78 Å². The molecule has 0 bridgehead atoms. The van der Waals surface area contributed by atoms with Crippen LogP contribution in [0.25, 0.3) is 0 Å². The first-order chi connectivity index (χ1) is 6.56. The van der Waals surface area contributed by atoms with Gasteiger partial charge in [0.2, 0.25) is 0 Å². The van der Waals surface area contributed by atoms with Crippen LogP contribution in [0.3, 0.4) is 0 Å². The fourth-order valence-electron chi connectivity index (χ4n) is 1.07. The molecule has 72 valence electrons. The van der Waals surface area contributed by atoms with Crippen molar-refractivity contribution in [1.29, 1.82) is 5.26 Å². The zero-order valence-corrected chi connectivity index (χ0v) is 9.76. The Labute approximate surface area is 95.6 Å². The first kappa shape index (κ1) is 11.2. The van der Waals surface area contributed by atoms with E-state index >= 15 is 0 Å². The molecule has 1 aromatic carbocycles. The van der Waals surface area contributed by atoms with Crippen molar-refractivity contribution in [3.8, 4) is 6.07 Å². The molecule has 0 saturated carbocycles. The maximum absolute atomic E-state index is 11.0. The third kappa shape index (κ3) is 2.34. The summed E-state index contributed by atoms with van der Waals surface area (Å²) in [5, 5.41) is 8.09.